The largest absolute Gasteiger partial charge is 0.464 e. The number of aliphatic hydroxyl groups excluding tert-OH is 3. The number of ether oxygens (including phenoxy) is 1. The Balaban J connectivity index is 2.73. The van der Waals surface area contributed by atoms with Crippen molar-refractivity contribution in [2.24, 2.45) is 0 Å². The first-order valence-electron chi connectivity index (χ1n) is 6.94. The number of carbonyl (C=O) groups is 2. The molecule has 1 saturated heterocycles. The van der Waals surface area contributed by atoms with Crippen molar-refractivity contribution in [3.05, 3.63) is 32.6 Å². The number of rotatable bonds is 3. The summed E-state index contributed by atoms with van der Waals surface area (Å²) in [6, 6.07) is -0.413. The summed E-state index contributed by atoms with van der Waals surface area (Å²) in [7, 11) is 1.03. The lowest BCUT2D eigenvalue weighted by Crippen LogP contribution is -2.47. The SMILES string of the molecule is COC(=O)c1cc(=O)[nH]c(=O)n1[C@@H]1[C@H](O)[C@H](O)[C@@H](CO)N1C(C)=O. The standard InChI is InChI=1S/C13H17N3O8/c1-5(18)15-7(4-17)9(20)10(21)11(15)16-6(12(22)24-2)3-8(19)14-13(16)23/h3,7,9-11,17,20-21H,4H2,1-2H3,(H,14,19,23)/t7-,9-,10-,11-/m1/s1. The Morgan fingerprint density at radius 1 is 1.29 bits per heavy atom. The second-order valence-electron chi connectivity index (χ2n) is 5.26. The molecule has 11 nitrogen and oxygen atoms in total. The highest BCUT2D eigenvalue weighted by Gasteiger charge is 2.50. The number of amides is 1. The third-order valence-corrected chi connectivity index (χ3v) is 3.88. The molecule has 11 heteroatoms. The first kappa shape index (κ1) is 17.8. The normalized spacial score (nSPS) is 26.5. The Labute approximate surface area is 134 Å². The molecule has 4 atom stereocenters. The minimum atomic E-state index is -1.68. The number of aliphatic hydroxyl groups is 3. The summed E-state index contributed by atoms with van der Waals surface area (Å²) < 4.78 is 5.16. The van der Waals surface area contributed by atoms with Crippen LogP contribution in [-0.4, -0.2) is 73.6 Å². The van der Waals surface area contributed by atoms with Gasteiger partial charge in [0.15, 0.2) is 0 Å². The fourth-order valence-corrected chi connectivity index (χ4v) is 2.85. The molecular weight excluding hydrogens is 326 g/mol. The molecule has 1 amide bonds. The Kier molecular flexibility index (Phi) is 4.87. The number of nitrogens with zero attached hydrogens (tertiary/aromatic N) is 2. The minimum absolute atomic E-state index is 0.507. The topological polar surface area (TPSA) is 162 Å². The number of hydrogen-bond donors (Lipinski definition) is 4. The van der Waals surface area contributed by atoms with Crippen LogP contribution in [0.3, 0.4) is 0 Å². The van der Waals surface area contributed by atoms with Crippen LogP contribution >= 0.6 is 0 Å². The van der Waals surface area contributed by atoms with Gasteiger partial charge in [0.05, 0.1) is 19.8 Å². The van der Waals surface area contributed by atoms with E-state index in [1.54, 1.807) is 0 Å². The Morgan fingerprint density at radius 2 is 1.92 bits per heavy atom. The zero-order valence-electron chi connectivity index (χ0n) is 12.9. The van der Waals surface area contributed by atoms with Crippen LogP contribution in [0.1, 0.15) is 23.6 Å². The second-order valence-corrected chi connectivity index (χ2v) is 5.26. The predicted molar refractivity (Wildman–Crippen MR) is 77.1 cm³/mol. The average Bonchev–Trinajstić information content (AvgIpc) is 2.77. The van der Waals surface area contributed by atoms with Crippen LogP contribution in [0, 0.1) is 0 Å². The number of hydrogen-bond acceptors (Lipinski definition) is 8. The Bertz CT molecular complexity index is 769. The van der Waals surface area contributed by atoms with Crippen molar-refractivity contribution >= 4 is 11.9 Å². The van der Waals surface area contributed by atoms with E-state index >= 15 is 0 Å². The van der Waals surface area contributed by atoms with Gasteiger partial charge < -0.3 is 25.0 Å². The fraction of sp³-hybridized carbons (Fsp3) is 0.538. The molecule has 2 rings (SSSR count). The van der Waals surface area contributed by atoms with Gasteiger partial charge in [0.2, 0.25) is 5.91 Å². The van der Waals surface area contributed by atoms with Crippen molar-refractivity contribution in [1.82, 2.24) is 14.5 Å². The third kappa shape index (κ3) is 2.72. The molecule has 1 aromatic rings. The molecule has 132 valence electrons. The van der Waals surface area contributed by atoms with Crippen molar-refractivity contribution in [1.29, 1.82) is 0 Å². The van der Waals surface area contributed by atoms with Crippen molar-refractivity contribution in [3.8, 4) is 0 Å². The van der Waals surface area contributed by atoms with Gasteiger partial charge in [0.25, 0.3) is 5.56 Å². The Hall–Kier alpha value is -2.50. The predicted octanol–water partition coefficient (Wildman–Crippen LogP) is -3.23. The van der Waals surface area contributed by atoms with Gasteiger partial charge in [-0.2, -0.15) is 0 Å². The van der Waals surface area contributed by atoms with Crippen molar-refractivity contribution in [2.75, 3.05) is 13.7 Å². The number of esters is 1. The van der Waals surface area contributed by atoms with Crippen molar-refractivity contribution in [2.45, 2.75) is 31.3 Å². The van der Waals surface area contributed by atoms with Crippen LogP contribution in [0.15, 0.2) is 15.7 Å². The summed E-state index contributed by atoms with van der Waals surface area (Å²) in [6.07, 6.45) is -4.75. The zero-order valence-corrected chi connectivity index (χ0v) is 12.9. The summed E-state index contributed by atoms with van der Waals surface area (Å²) in [5, 5.41) is 29.7. The lowest BCUT2D eigenvalue weighted by atomic mass is 10.1. The van der Waals surface area contributed by atoms with Gasteiger partial charge >= 0.3 is 11.7 Å². The Morgan fingerprint density at radius 3 is 2.42 bits per heavy atom. The monoisotopic (exact) mass is 343 g/mol. The number of likely N-dealkylation sites (tertiary alicyclic amines) is 1. The van der Waals surface area contributed by atoms with Gasteiger partial charge in [0.1, 0.15) is 24.1 Å². The fourth-order valence-electron chi connectivity index (χ4n) is 2.85. The number of nitrogens with one attached hydrogen (secondary N) is 1. The van der Waals surface area contributed by atoms with Gasteiger partial charge in [-0.1, -0.05) is 0 Å². The molecule has 0 aliphatic carbocycles. The van der Waals surface area contributed by atoms with E-state index in [-0.39, 0.29) is 0 Å². The van der Waals surface area contributed by atoms with Crippen LogP contribution in [-0.2, 0) is 9.53 Å². The van der Waals surface area contributed by atoms with E-state index in [2.05, 4.69) is 4.74 Å². The van der Waals surface area contributed by atoms with Gasteiger partial charge in [-0.05, 0) is 0 Å². The first-order valence-corrected chi connectivity index (χ1v) is 6.94. The number of H-pyrrole nitrogens is 1. The molecular formula is C13H17N3O8. The molecule has 0 aromatic carbocycles. The molecule has 0 radical (unpaired) electrons. The summed E-state index contributed by atoms with van der Waals surface area (Å²) in [6.45, 7) is 0.426. The maximum Gasteiger partial charge on any atom is 0.355 e. The number of aromatic amines is 1. The molecule has 2 heterocycles. The third-order valence-electron chi connectivity index (χ3n) is 3.88. The van der Waals surface area contributed by atoms with Crippen LogP contribution in [0.2, 0.25) is 0 Å². The summed E-state index contributed by atoms with van der Waals surface area (Å²) >= 11 is 0. The van der Waals surface area contributed by atoms with E-state index in [0.717, 1.165) is 25.0 Å². The molecule has 0 bridgehead atoms. The van der Waals surface area contributed by atoms with Crippen molar-refractivity contribution in [3.63, 3.8) is 0 Å². The van der Waals surface area contributed by atoms with Gasteiger partial charge in [0, 0.05) is 13.0 Å². The molecule has 0 unspecified atom stereocenters. The highest BCUT2D eigenvalue weighted by Crippen LogP contribution is 2.32. The van der Waals surface area contributed by atoms with E-state index in [1.165, 1.54) is 0 Å². The molecule has 1 fully saturated rings. The van der Waals surface area contributed by atoms with E-state index < -0.39 is 59.8 Å². The van der Waals surface area contributed by atoms with E-state index in [1.807, 2.05) is 4.98 Å². The molecule has 24 heavy (non-hydrogen) atoms. The molecule has 0 spiro atoms. The lowest BCUT2D eigenvalue weighted by molar-refractivity contribution is -0.136. The van der Waals surface area contributed by atoms with E-state index in [0.29, 0.717) is 4.57 Å². The highest BCUT2D eigenvalue weighted by molar-refractivity contribution is 5.87. The molecule has 4 N–H and O–H groups in total. The summed E-state index contributed by atoms with van der Waals surface area (Å²) in [4.78, 5) is 50.2. The molecule has 1 aliphatic heterocycles. The number of carbonyl (C=O) groups excluding carboxylic acids is 2. The first-order chi connectivity index (χ1) is 11.2. The average molecular weight is 343 g/mol. The van der Waals surface area contributed by atoms with Gasteiger partial charge in [-0.25, -0.2) is 9.59 Å². The van der Waals surface area contributed by atoms with Gasteiger partial charge in [-0.3, -0.25) is 19.1 Å². The van der Waals surface area contributed by atoms with E-state index in [4.69, 9.17) is 0 Å². The summed E-state index contributed by atoms with van der Waals surface area (Å²) in [5.41, 5.74) is -2.46. The second kappa shape index (κ2) is 6.55. The number of methoxy groups -OCH3 is 1. The zero-order chi connectivity index (χ0) is 18.2. The van der Waals surface area contributed by atoms with Crippen molar-refractivity contribution < 1.29 is 29.6 Å². The highest BCUT2D eigenvalue weighted by atomic mass is 16.5. The molecule has 1 aliphatic rings. The van der Waals surface area contributed by atoms with Crippen LogP contribution in [0.25, 0.3) is 0 Å². The molecule has 0 saturated carbocycles. The number of aromatic nitrogens is 2. The van der Waals surface area contributed by atoms with Crippen LogP contribution in [0.5, 0.6) is 0 Å². The van der Waals surface area contributed by atoms with Crippen LogP contribution < -0.4 is 11.2 Å². The quantitative estimate of drug-likeness (QED) is 0.416. The smallest absolute Gasteiger partial charge is 0.355 e. The molecule has 1 aromatic heterocycles. The minimum Gasteiger partial charge on any atom is -0.464 e. The maximum atomic E-state index is 12.2. The lowest BCUT2D eigenvalue weighted by Gasteiger charge is -2.30. The van der Waals surface area contributed by atoms with Crippen LogP contribution in [0.4, 0.5) is 0 Å². The maximum absolute atomic E-state index is 12.2. The summed E-state index contributed by atoms with van der Waals surface area (Å²) in [5.74, 6) is -1.71. The van der Waals surface area contributed by atoms with E-state index in [9.17, 15) is 34.5 Å². The van der Waals surface area contributed by atoms with Gasteiger partial charge in [-0.15, -0.1) is 0 Å².